The van der Waals surface area contributed by atoms with Gasteiger partial charge >= 0.3 is 0 Å². The van der Waals surface area contributed by atoms with E-state index < -0.39 is 10.0 Å². The molecule has 28 heavy (non-hydrogen) atoms. The van der Waals surface area contributed by atoms with Gasteiger partial charge in [-0.15, -0.1) is 0 Å². The summed E-state index contributed by atoms with van der Waals surface area (Å²) in [6.07, 6.45) is 7.15. The van der Waals surface area contributed by atoms with Crippen LogP contribution in [-0.2, 0) is 10.0 Å². The van der Waals surface area contributed by atoms with E-state index in [0.29, 0.717) is 42.7 Å². The van der Waals surface area contributed by atoms with Gasteiger partial charge in [0.25, 0.3) is 0 Å². The van der Waals surface area contributed by atoms with Crippen LogP contribution in [0.5, 0.6) is 11.5 Å². The molecule has 1 unspecified atom stereocenters. The first-order valence-corrected chi connectivity index (χ1v) is 12.1. The molecule has 6 nitrogen and oxygen atoms in total. The minimum atomic E-state index is -3.52. The number of nitrogens with zero attached hydrogens (tertiary/aromatic N) is 2. The van der Waals surface area contributed by atoms with Gasteiger partial charge in [0.15, 0.2) is 11.5 Å². The van der Waals surface area contributed by atoms with Gasteiger partial charge < -0.3 is 14.4 Å². The van der Waals surface area contributed by atoms with Crippen molar-refractivity contribution in [2.24, 2.45) is 11.3 Å². The van der Waals surface area contributed by atoms with Crippen LogP contribution in [0.2, 0.25) is 0 Å². The van der Waals surface area contributed by atoms with Crippen LogP contribution in [-0.4, -0.2) is 63.6 Å². The number of piperidine rings is 2. The summed E-state index contributed by atoms with van der Waals surface area (Å²) in [5.74, 6) is 2.05. The Kier molecular flexibility index (Phi) is 4.80. The number of hydrogen-bond acceptors (Lipinski definition) is 5. The number of likely N-dealkylation sites (tertiary alicyclic amines) is 1. The molecule has 0 bridgehead atoms. The summed E-state index contributed by atoms with van der Waals surface area (Å²) >= 11 is 0. The van der Waals surface area contributed by atoms with Gasteiger partial charge in [0.1, 0.15) is 13.2 Å². The second-order valence-electron chi connectivity index (χ2n) is 9.03. The molecule has 154 valence electrons. The van der Waals surface area contributed by atoms with E-state index in [9.17, 15) is 8.42 Å². The van der Waals surface area contributed by atoms with E-state index in [1.165, 1.54) is 32.4 Å². The normalized spacial score (nSPS) is 29.1. The maximum Gasteiger partial charge on any atom is 0.243 e. The van der Waals surface area contributed by atoms with Gasteiger partial charge in [-0.3, -0.25) is 0 Å². The molecule has 1 aromatic carbocycles. The fraction of sp³-hybridized carbons (Fsp3) is 0.714. The van der Waals surface area contributed by atoms with Gasteiger partial charge in [-0.05, 0) is 68.5 Å². The Bertz CT molecular complexity index is 835. The lowest BCUT2D eigenvalue weighted by Gasteiger charge is -2.48. The highest BCUT2D eigenvalue weighted by molar-refractivity contribution is 7.89. The zero-order valence-electron chi connectivity index (χ0n) is 16.4. The molecular formula is C21H30N2O4S. The van der Waals surface area contributed by atoms with E-state index >= 15 is 0 Å². The molecule has 1 spiro atoms. The molecule has 4 aliphatic rings. The summed E-state index contributed by atoms with van der Waals surface area (Å²) < 4.78 is 39.6. The van der Waals surface area contributed by atoms with Crippen LogP contribution in [0.1, 0.15) is 38.5 Å². The van der Waals surface area contributed by atoms with Crippen LogP contribution >= 0.6 is 0 Å². The maximum atomic E-state index is 13.4. The molecule has 7 heteroatoms. The van der Waals surface area contributed by atoms with E-state index in [-0.39, 0.29) is 5.41 Å². The van der Waals surface area contributed by atoms with Crippen molar-refractivity contribution < 1.29 is 17.9 Å². The molecule has 0 aromatic heterocycles. The highest BCUT2D eigenvalue weighted by Gasteiger charge is 2.43. The molecule has 1 aromatic rings. The fourth-order valence-electron chi connectivity index (χ4n) is 5.17. The number of ether oxygens (including phenoxy) is 2. The molecule has 1 aliphatic carbocycles. The lowest BCUT2D eigenvalue weighted by atomic mass is 9.74. The Morgan fingerprint density at radius 2 is 1.75 bits per heavy atom. The molecule has 2 saturated heterocycles. The van der Waals surface area contributed by atoms with Gasteiger partial charge in [0, 0.05) is 32.2 Å². The largest absolute Gasteiger partial charge is 0.486 e. The molecule has 3 aliphatic heterocycles. The topological polar surface area (TPSA) is 59.1 Å². The Morgan fingerprint density at radius 1 is 1.00 bits per heavy atom. The van der Waals surface area contributed by atoms with E-state index in [2.05, 4.69) is 4.90 Å². The summed E-state index contributed by atoms with van der Waals surface area (Å²) in [4.78, 5) is 2.92. The van der Waals surface area contributed by atoms with Crippen molar-refractivity contribution in [2.75, 3.05) is 45.9 Å². The monoisotopic (exact) mass is 406 g/mol. The van der Waals surface area contributed by atoms with Gasteiger partial charge in [-0.25, -0.2) is 8.42 Å². The first kappa shape index (κ1) is 18.7. The van der Waals surface area contributed by atoms with Gasteiger partial charge in [0.05, 0.1) is 4.90 Å². The molecule has 5 rings (SSSR count). The zero-order chi connectivity index (χ0) is 19.2. The van der Waals surface area contributed by atoms with E-state index in [1.54, 1.807) is 22.5 Å². The van der Waals surface area contributed by atoms with Crippen molar-refractivity contribution >= 4 is 10.0 Å². The van der Waals surface area contributed by atoms with E-state index in [0.717, 1.165) is 31.7 Å². The number of fused-ring (bicyclic) bond motifs is 1. The second kappa shape index (κ2) is 7.18. The Morgan fingerprint density at radius 3 is 2.54 bits per heavy atom. The predicted octanol–water partition coefficient (Wildman–Crippen LogP) is 2.73. The number of sulfonamides is 1. The van der Waals surface area contributed by atoms with E-state index in [1.807, 2.05) is 0 Å². The summed E-state index contributed by atoms with van der Waals surface area (Å²) in [5.41, 5.74) is 0.117. The molecule has 3 heterocycles. The van der Waals surface area contributed by atoms with Crippen molar-refractivity contribution in [1.29, 1.82) is 0 Å². The van der Waals surface area contributed by atoms with Crippen LogP contribution in [0.15, 0.2) is 23.1 Å². The number of rotatable bonds is 4. The Labute approximate surface area is 167 Å². The molecule has 1 atom stereocenters. The molecule has 1 saturated carbocycles. The summed E-state index contributed by atoms with van der Waals surface area (Å²) in [5, 5.41) is 0. The quantitative estimate of drug-likeness (QED) is 0.770. The summed E-state index contributed by atoms with van der Waals surface area (Å²) in [6.45, 7) is 5.65. The summed E-state index contributed by atoms with van der Waals surface area (Å²) in [7, 11) is -3.52. The van der Waals surface area contributed by atoms with Gasteiger partial charge in [-0.1, -0.05) is 0 Å². The molecule has 0 radical (unpaired) electrons. The molecular weight excluding hydrogens is 376 g/mol. The van der Waals surface area contributed by atoms with Crippen LogP contribution < -0.4 is 9.47 Å². The third-order valence-electron chi connectivity index (χ3n) is 6.73. The molecule has 3 fully saturated rings. The van der Waals surface area contributed by atoms with Gasteiger partial charge in [-0.2, -0.15) is 4.31 Å². The Balaban J connectivity index is 1.35. The van der Waals surface area contributed by atoms with Crippen LogP contribution in [0, 0.1) is 11.3 Å². The highest BCUT2D eigenvalue weighted by atomic mass is 32.2. The summed E-state index contributed by atoms with van der Waals surface area (Å²) in [6, 6.07) is 5.01. The molecule has 0 N–H and O–H groups in total. The van der Waals surface area contributed by atoms with Crippen LogP contribution in [0.25, 0.3) is 0 Å². The minimum Gasteiger partial charge on any atom is -0.486 e. The van der Waals surface area contributed by atoms with Crippen LogP contribution in [0.4, 0.5) is 0 Å². The van der Waals surface area contributed by atoms with Crippen molar-refractivity contribution in [3.63, 3.8) is 0 Å². The zero-order valence-corrected chi connectivity index (χ0v) is 17.3. The first-order chi connectivity index (χ1) is 13.5. The Hall–Kier alpha value is -1.31. The predicted molar refractivity (Wildman–Crippen MR) is 106 cm³/mol. The lowest BCUT2D eigenvalue weighted by molar-refractivity contribution is 0.0378. The maximum absolute atomic E-state index is 13.4. The fourth-order valence-corrected chi connectivity index (χ4v) is 6.77. The van der Waals surface area contributed by atoms with Crippen molar-refractivity contribution in [3.8, 4) is 11.5 Å². The third kappa shape index (κ3) is 3.64. The SMILES string of the molecule is O=S(=O)(c1ccc2c(c1)OCCO2)N1CCCC2(CCCN(CC3CC3)C2)C1. The van der Waals surface area contributed by atoms with Gasteiger partial charge in [0.2, 0.25) is 10.0 Å². The smallest absolute Gasteiger partial charge is 0.243 e. The lowest BCUT2D eigenvalue weighted by Crippen LogP contribution is -2.53. The highest BCUT2D eigenvalue weighted by Crippen LogP contribution is 2.42. The average molecular weight is 407 g/mol. The second-order valence-corrected chi connectivity index (χ2v) is 11.0. The minimum absolute atomic E-state index is 0.117. The van der Waals surface area contributed by atoms with E-state index in [4.69, 9.17) is 9.47 Å². The van der Waals surface area contributed by atoms with Crippen molar-refractivity contribution in [2.45, 2.75) is 43.4 Å². The van der Waals surface area contributed by atoms with Crippen LogP contribution in [0.3, 0.4) is 0 Å². The third-order valence-corrected chi connectivity index (χ3v) is 8.57. The average Bonchev–Trinajstić information content (AvgIpc) is 3.52. The van der Waals surface area contributed by atoms with Crippen molar-refractivity contribution in [3.05, 3.63) is 18.2 Å². The molecule has 0 amide bonds. The number of hydrogen-bond donors (Lipinski definition) is 0. The first-order valence-electron chi connectivity index (χ1n) is 10.7. The van der Waals surface area contributed by atoms with Crippen molar-refractivity contribution in [1.82, 2.24) is 9.21 Å². The standard InChI is InChI=1S/C21H30N2O4S/c24-28(25,18-5-6-19-20(13-18)27-12-11-26-19)23-10-2-8-21(16-23)7-1-9-22(15-21)14-17-3-4-17/h5-6,13,17H,1-4,7-12,14-16H2. The number of benzene rings is 1.